The molecule has 0 bridgehead atoms. The van der Waals surface area contributed by atoms with Crippen molar-refractivity contribution < 1.29 is 0 Å². The molecule has 0 unspecified atom stereocenters. The second kappa shape index (κ2) is 4.65. The molecule has 4 aromatic rings. The second-order valence-electron chi connectivity index (χ2n) is 4.84. The number of hydrogen-bond acceptors (Lipinski definition) is 7. The van der Waals surface area contributed by atoms with Crippen LogP contribution in [0.3, 0.4) is 0 Å². The van der Waals surface area contributed by atoms with E-state index in [0.29, 0.717) is 24.0 Å². The van der Waals surface area contributed by atoms with Gasteiger partial charge in [-0.05, 0) is 12.1 Å². The second-order valence-corrected chi connectivity index (χ2v) is 4.84. The van der Waals surface area contributed by atoms with Gasteiger partial charge in [0, 0.05) is 13.2 Å². The third-order valence-electron chi connectivity index (χ3n) is 3.41. The minimum Gasteiger partial charge on any atom is -0.383 e. The van der Waals surface area contributed by atoms with Gasteiger partial charge in [-0.15, -0.1) is 10.2 Å². The van der Waals surface area contributed by atoms with E-state index in [1.54, 1.807) is 10.9 Å². The number of nitrogens with two attached hydrogens (primary N) is 1. The van der Waals surface area contributed by atoms with Crippen molar-refractivity contribution in [1.29, 1.82) is 0 Å². The van der Waals surface area contributed by atoms with Crippen LogP contribution in [0, 0.1) is 0 Å². The first kappa shape index (κ1) is 12.5. The van der Waals surface area contributed by atoms with E-state index < -0.39 is 0 Å². The number of hydrogen-bond donors (Lipinski definition) is 2. The molecular weight excluding hydrogens is 282 g/mol. The maximum absolute atomic E-state index is 5.93. The Morgan fingerprint density at radius 1 is 1.23 bits per heavy atom. The number of fused-ring (bicyclic) bond motifs is 2. The van der Waals surface area contributed by atoms with Crippen LogP contribution in [0.5, 0.6) is 0 Å². The van der Waals surface area contributed by atoms with E-state index in [4.69, 9.17) is 5.73 Å². The molecule has 9 nitrogen and oxygen atoms in total. The molecule has 0 saturated heterocycles. The predicted molar refractivity (Wildman–Crippen MR) is 81.0 cm³/mol. The van der Waals surface area contributed by atoms with Gasteiger partial charge in [-0.1, -0.05) is 6.07 Å². The van der Waals surface area contributed by atoms with Crippen molar-refractivity contribution in [2.45, 2.75) is 6.54 Å². The van der Waals surface area contributed by atoms with Gasteiger partial charge in [0.2, 0.25) is 5.95 Å². The van der Waals surface area contributed by atoms with Gasteiger partial charge in [-0.2, -0.15) is 15.1 Å². The van der Waals surface area contributed by atoms with Gasteiger partial charge in [-0.3, -0.25) is 9.08 Å². The van der Waals surface area contributed by atoms with E-state index in [-0.39, 0.29) is 0 Å². The van der Waals surface area contributed by atoms with Crippen LogP contribution in [0.4, 0.5) is 11.8 Å². The van der Waals surface area contributed by atoms with Crippen molar-refractivity contribution >= 4 is 28.4 Å². The summed E-state index contributed by atoms with van der Waals surface area (Å²) in [6.07, 6.45) is 3.56. The highest BCUT2D eigenvalue weighted by molar-refractivity contribution is 5.86. The van der Waals surface area contributed by atoms with Crippen LogP contribution in [-0.2, 0) is 13.6 Å². The molecule has 0 spiro atoms. The van der Waals surface area contributed by atoms with Crippen LogP contribution in [0.2, 0.25) is 0 Å². The Balaban J connectivity index is 1.65. The molecule has 0 aromatic carbocycles. The molecule has 0 amide bonds. The molecule has 0 aliphatic heterocycles. The van der Waals surface area contributed by atoms with Gasteiger partial charge in [0.1, 0.15) is 5.82 Å². The van der Waals surface area contributed by atoms with Crippen molar-refractivity contribution in [2.75, 3.05) is 11.1 Å². The molecule has 22 heavy (non-hydrogen) atoms. The predicted octanol–water partition coefficient (Wildman–Crippen LogP) is 0.600. The fourth-order valence-corrected chi connectivity index (χ4v) is 2.29. The molecule has 4 heterocycles. The lowest BCUT2D eigenvalue weighted by Crippen LogP contribution is -2.09. The zero-order valence-corrected chi connectivity index (χ0v) is 11.8. The largest absolute Gasteiger partial charge is 0.383 e. The van der Waals surface area contributed by atoms with Gasteiger partial charge >= 0.3 is 0 Å². The van der Waals surface area contributed by atoms with Crippen LogP contribution in [0.15, 0.2) is 30.6 Å². The first-order valence-corrected chi connectivity index (χ1v) is 6.70. The summed E-state index contributed by atoms with van der Waals surface area (Å²) in [7, 11) is 1.81. The van der Waals surface area contributed by atoms with E-state index >= 15 is 0 Å². The summed E-state index contributed by atoms with van der Waals surface area (Å²) in [5, 5.41) is 16.2. The third-order valence-corrected chi connectivity index (χ3v) is 3.41. The Morgan fingerprint density at radius 3 is 3.05 bits per heavy atom. The summed E-state index contributed by atoms with van der Waals surface area (Å²) in [6.45, 7) is 0.438. The molecule has 0 saturated carbocycles. The molecule has 4 rings (SSSR count). The van der Waals surface area contributed by atoms with Gasteiger partial charge < -0.3 is 11.1 Å². The van der Waals surface area contributed by atoms with Gasteiger partial charge in [0.05, 0.1) is 18.1 Å². The summed E-state index contributed by atoms with van der Waals surface area (Å²) in [4.78, 5) is 8.65. The van der Waals surface area contributed by atoms with Crippen LogP contribution in [-0.4, -0.2) is 34.3 Å². The van der Waals surface area contributed by atoms with Gasteiger partial charge in [-0.25, -0.2) is 0 Å². The molecular formula is C13H13N9. The van der Waals surface area contributed by atoms with Gasteiger partial charge in [0.15, 0.2) is 17.1 Å². The number of nitrogen functional groups attached to an aromatic ring is 1. The smallest absolute Gasteiger partial charge is 0.227 e. The minimum absolute atomic E-state index is 0.395. The van der Waals surface area contributed by atoms with Crippen LogP contribution in [0.25, 0.3) is 16.7 Å². The van der Waals surface area contributed by atoms with Crippen molar-refractivity contribution in [3.8, 4) is 0 Å². The van der Waals surface area contributed by atoms with Crippen LogP contribution >= 0.6 is 0 Å². The Bertz CT molecular complexity index is 968. The average molecular weight is 295 g/mol. The van der Waals surface area contributed by atoms with E-state index in [2.05, 4.69) is 30.6 Å². The number of pyridine rings is 1. The fourth-order valence-electron chi connectivity index (χ4n) is 2.29. The molecule has 0 aliphatic carbocycles. The molecule has 4 aromatic heterocycles. The van der Waals surface area contributed by atoms with Crippen LogP contribution < -0.4 is 11.1 Å². The monoisotopic (exact) mass is 295 g/mol. The lowest BCUT2D eigenvalue weighted by atomic mass is 10.4. The lowest BCUT2D eigenvalue weighted by Gasteiger charge is -2.05. The summed E-state index contributed by atoms with van der Waals surface area (Å²) in [5.41, 5.74) is 7.41. The molecule has 9 heteroatoms. The first-order valence-electron chi connectivity index (χ1n) is 6.70. The maximum Gasteiger partial charge on any atom is 0.227 e. The lowest BCUT2D eigenvalue weighted by molar-refractivity contribution is 0.785. The summed E-state index contributed by atoms with van der Waals surface area (Å²) in [5.74, 6) is 1.59. The summed E-state index contributed by atoms with van der Waals surface area (Å²) < 4.78 is 3.56. The number of aromatic nitrogens is 7. The quantitative estimate of drug-likeness (QED) is 0.569. The van der Waals surface area contributed by atoms with E-state index in [1.807, 2.05) is 35.8 Å². The molecule has 0 radical (unpaired) electrons. The fraction of sp³-hybridized carbons (Fsp3) is 0.154. The highest BCUT2D eigenvalue weighted by atomic mass is 15.3. The number of nitrogens with one attached hydrogen (secondary N) is 1. The Hall–Kier alpha value is -3.23. The maximum atomic E-state index is 5.93. The molecule has 0 atom stereocenters. The standard InChI is InChI=1S/C13H13N9/c1-21-12-8(6-16-21)11(14)17-13(18-12)15-7-10-20-19-9-4-2-3-5-22(9)10/h2-6H,7H2,1H3,(H3,14,15,17,18). The SMILES string of the molecule is Cn1ncc2c(N)nc(NCc3nnc4ccccn34)nc21. The number of aryl methyl sites for hydroxylation is 1. The van der Waals surface area contributed by atoms with Crippen LogP contribution in [0.1, 0.15) is 5.82 Å². The van der Waals surface area contributed by atoms with E-state index in [9.17, 15) is 0 Å². The normalized spacial score (nSPS) is 11.3. The number of anilines is 2. The molecule has 0 fully saturated rings. The zero-order chi connectivity index (χ0) is 15.1. The number of rotatable bonds is 3. The Kier molecular flexibility index (Phi) is 2.65. The highest BCUT2D eigenvalue weighted by Crippen LogP contribution is 2.18. The summed E-state index contributed by atoms with van der Waals surface area (Å²) >= 11 is 0. The minimum atomic E-state index is 0.395. The van der Waals surface area contributed by atoms with Gasteiger partial charge in [0.25, 0.3) is 0 Å². The third kappa shape index (κ3) is 1.91. The summed E-state index contributed by atoms with van der Waals surface area (Å²) in [6, 6.07) is 5.74. The molecule has 0 aliphatic rings. The topological polar surface area (TPSA) is 112 Å². The number of nitrogens with zero attached hydrogens (tertiary/aromatic N) is 7. The molecule has 110 valence electrons. The van der Waals surface area contributed by atoms with Crippen molar-refractivity contribution in [3.63, 3.8) is 0 Å². The van der Waals surface area contributed by atoms with Crippen molar-refractivity contribution in [2.24, 2.45) is 7.05 Å². The zero-order valence-electron chi connectivity index (χ0n) is 11.8. The molecule has 3 N–H and O–H groups in total. The van der Waals surface area contributed by atoms with E-state index in [0.717, 1.165) is 16.9 Å². The Labute approximate surface area is 124 Å². The van der Waals surface area contributed by atoms with E-state index in [1.165, 1.54) is 0 Å². The van der Waals surface area contributed by atoms with Crippen molar-refractivity contribution in [1.82, 2.24) is 34.3 Å². The first-order chi connectivity index (χ1) is 10.7. The highest BCUT2D eigenvalue weighted by Gasteiger charge is 2.10. The average Bonchev–Trinajstić information content (AvgIpc) is 3.10. The Morgan fingerprint density at radius 2 is 2.14 bits per heavy atom. The van der Waals surface area contributed by atoms with Crippen molar-refractivity contribution in [3.05, 3.63) is 36.4 Å².